The van der Waals surface area contributed by atoms with Gasteiger partial charge in [0.1, 0.15) is 11.6 Å². The number of aryl methyl sites for hydroxylation is 1. The highest BCUT2D eigenvalue weighted by Crippen LogP contribution is 2.28. The van der Waals surface area contributed by atoms with Gasteiger partial charge in [0.2, 0.25) is 0 Å². The van der Waals surface area contributed by atoms with Gasteiger partial charge in [-0.3, -0.25) is 0 Å². The van der Waals surface area contributed by atoms with Crippen LogP contribution in [0.2, 0.25) is 0 Å². The summed E-state index contributed by atoms with van der Waals surface area (Å²) in [5, 5.41) is 12.0. The van der Waals surface area contributed by atoms with E-state index in [9.17, 15) is 17.6 Å². The van der Waals surface area contributed by atoms with Crippen LogP contribution < -0.4 is 10.1 Å². The molecule has 0 saturated carbocycles. The van der Waals surface area contributed by atoms with Gasteiger partial charge >= 0.3 is 12.1 Å². The summed E-state index contributed by atoms with van der Waals surface area (Å²) in [5.74, 6) is -2.27. The Morgan fingerprint density at radius 1 is 1.13 bits per heavy atom. The van der Waals surface area contributed by atoms with Crippen molar-refractivity contribution in [2.75, 3.05) is 13.2 Å². The molecule has 2 N–H and O–H groups in total. The minimum Gasteiger partial charge on any atom is -0.494 e. The van der Waals surface area contributed by atoms with E-state index in [1.54, 1.807) is 12.1 Å². The van der Waals surface area contributed by atoms with Crippen molar-refractivity contribution in [1.82, 2.24) is 9.88 Å². The van der Waals surface area contributed by atoms with Gasteiger partial charge in [0.25, 0.3) is 0 Å². The molecule has 0 aliphatic carbocycles. The number of alkyl halides is 3. The van der Waals surface area contributed by atoms with E-state index in [0.717, 1.165) is 38.2 Å². The molecule has 3 aromatic rings. The Labute approximate surface area is 176 Å². The van der Waals surface area contributed by atoms with E-state index < -0.39 is 12.1 Å². The van der Waals surface area contributed by atoms with Gasteiger partial charge in [0.05, 0.1) is 6.61 Å². The first-order valence-electron chi connectivity index (χ1n) is 9.75. The van der Waals surface area contributed by atoms with Gasteiger partial charge in [-0.15, -0.1) is 0 Å². The zero-order chi connectivity index (χ0) is 22.4. The molecule has 0 spiro atoms. The molecular formula is C22H22F4N2O3. The van der Waals surface area contributed by atoms with Crippen LogP contribution in [0.5, 0.6) is 5.75 Å². The Bertz CT molecular complexity index is 1030. The van der Waals surface area contributed by atoms with E-state index >= 15 is 0 Å². The number of nitrogens with one attached hydrogen (secondary N) is 1. The maximum Gasteiger partial charge on any atom is 0.490 e. The third kappa shape index (κ3) is 5.75. The van der Waals surface area contributed by atoms with Crippen molar-refractivity contribution in [3.63, 3.8) is 0 Å². The highest BCUT2D eigenvalue weighted by Gasteiger charge is 2.38. The molecule has 0 atom stereocenters. The molecule has 1 aliphatic heterocycles. The van der Waals surface area contributed by atoms with Gasteiger partial charge in [-0.1, -0.05) is 18.2 Å². The number of nitrogens with zero attached hydrogens (tertiary/aromatic N) is 1. The van der Waals surface area contributed by atoms with Gasteiger partial charge in [0.15, 0.2) is 0 Å². The molecule has 0 unspecified atom stereocenters. The maximum atomic E-state index is 12.9. The lowest BCUT2D eigenvalue weighted by atomic mass is 10.1. The highest BCUT2D eigenvalue weighted by atomic mass is 19.4. The first-order valence-corrected chi connectivity index (χ1v) is 9.75. The number of carbonyl (C=O) groups is 1. The quantitative estimate of drug-likeness (QED) is 0.454. The van der Waals surface area contributed by atoms with E-state index in [4.69, 9.17) is 14.6 Å². The second-order valence-corrected chi connectivity index (χ2v) is 6.98. The summed E-state index contributed by atoms with van der Waals surface area (Å²) in [5.41, 5.74) is 4.21. The molecule has 0 saturated heterocycles. The van der Waals surface area contributed by atoms with Gasteiger partial charge in [-0.05, 0) is 55.3 Å². The van der Waals surface area contributed by atoms with Crippen LogP contribution in [0.1, 0.15) is 17.7 Å². The molecule has 2 heterocycles. The number of rotatable bonds is 5. The number of halogens is 4. The molecule has 31 heavy (non-hydrogen) atoms. The van der Waals surface area contributed by atoms with E-state index in [1.165, 1.54) is 34.3 Å². The number of para-hydroxylation sites is 1. The minimum absolute atomic E-state index is 0.236. The summed E-state index contributed by atoms with van der Waals surface area (Å²) < 4.78 is 52.8. The molecule has 0 amide bonds. The van der Waals surface area contributed by atoms with Crippen LogP contribution in [-0.4, -0.2) is 35.0 Å². The number of hydrogen-bond donors (Lipinski definition) is 2. The summed E-state index contributed by atoms with van der Waals surface area (Å²) in [7, 11) is 0. The number of fused-ring (bicyclic) bond motifs is 3. The van der Waals surface area contributed by atoms with Gasteiger partial charge in [-0.25, -0.2) is 9.18 Å². The summed E-state index contributed by atoms with van der Waals surface area (Å²) >= 11 is 0. The first-order chi connectivity index (χ1) is 14.8. The Hall–Kier alpha value is -3.07. The first kappa shape index (κ1) is 22.6. The van der Waals surface area contributed by atoms with Crippen LogP contribution in [0, 0.1) is 5.82 Å². The normalized spacial score (nSPS) is 13.3. The van der Waals surface area contributed by atoms with E-state index in [-0.39, 0.29) is 5.82 Å². The number of aromatic nitrogens is 1. The summed E-state index contributed by atoms with van der Waals surface area (Å²) in [6, 6.07) is 14.9. The monoisotopic (exact) mass is 438 g/mol. The predicted molar refractivity (Wildman–Crippen MR) is 108 cm³/mol. The molecule has 0 fully saturated rings. The number of carboxylic acid groups (broad SMARTS) is 1. The van der Waals surface area contributed by atoms with Crippen molar-refractivity contribution in [2.24, 2.45) is 0 Å². The molecule has 5 nitrogen and oxygen atoms in total. The highest BCUT2D eigenvalue weighted by molar-refractivity contribution is 5.85. The summed E-state index contributed by atoms with van der Waals surface area (Å²) in [4.78, 5) is 8.90. The number of carboxylic acids is 1. The van der Waals surface area contributed by atoms with E-state index in [0.29, 0.717) is 6.61 Å². The number of hydrogen-bond acceptors (Lipinski definition) is 3. The SMILES string of the molecule is Fc1ccc(OCCCn2c3c(c4ccccc42)CCNC3)cc1.O=C(O)C(F)(F)F. The Morgan fingerprint density at radius 3 is 2.48 bits per heavy atom. The van der Waals surface area contributed by atoms with Gasteiger partial charge in [0, 0.05) is 29.7 Å². The second kappa shape index (κ2) is 9.82. The molecule has 166 valence electrons. The fraction of sp³-hybridized carbons (Fsp3) is 0.318. The third-order valence-electron chi connectivity index (χ3n) is 4.89. The van der Waals surface area contributed by atoms with Crippen LogP contribution in [0.3, 0.4) is 0 Å². The zero-order valence-electron chi connectivity index (χ0n) is 16.6. The second-order valence-electron chi connectivity index (χ2n) is 6.98. The predicted octanol–water partition coefficient (Wildman–Crippen LogP) is 4.53. The number of benzene rings is 2. The number of aliphatic carboxylic acids is 1. The van der Waals surface area contributed by atoms with E-state index in [2.05, 4.69) is 34.1 Å². The third-order valence-corrected chi connectivity index (χ3v) is 4.89. The molecule has 2 aromatic carbocycles. The molecule has 1 aromatic heterocycles. The van der Waals surface area contributed by atoms with E-state index in [1.807, 2.05) is 0 Å². The van der Waals surface area contributed by atoms with Crippen molar-refractivity contribution in [2.45, 2.75) is 32.1 Å². The van der Waals surface area contributed by atoms with Crippen molar-refractivity contribution in [3.8, 4) is 5.75 Å². The van der Waals surface area contributed by atoms with Crippen molar-refractivity contribution >= 4 is 16.9 Å². The molecular weight excluding hydrogens is 416 g/mol. The fourth-order valence-electron chi connectivity index (χ4n) is 3.53. The molecule has 9 heteroatoms. The maximum absolute atomic E-state index is 12.9. The fourth-order valence-corrected chi connectivity index (χ4v) is 3.53. The topological polar surface area (TPSA) is 63.5 Å². The zero-order valence-corrected chi connectivity index (χ0v) is 16.6. The summed E-state index contributed by atoms with van der Waals surface area (Å²) in [6.07, 6.45) is -3.07. The van der Waals surface area contributed by atoms with Crippen LogP contribution in [0.4, 0.5) is 17.6 Å². The van der Waals surface area contributed by atoms with Crippen molar-refractivity contribution in [1.29, 1.82) is 0 Å². The Balaban J connectivity index is 0.000000339. The smallest absolute Gasteiger partial charge is 0.490 e. The largest absolute Gasteiger partial charge is 0.494 e. The Morgan fingerprint density at radius 2 is 1.81 bits per heavy atom. The summed E-state index contributed by atoms with van der Waals surface area (Å²) in [6.45, 7) is 3.54. The van der Waals surface area contributed by atoms with Crippen molar-refractivity contribution < 1.29 is 32.2 Å². The lowest BCUT2D eigenvalue weighted by Gasteiger charge is -2.17. The van der Waals surface area contributed by atoms with Crippen LogP contribution in [0.15, 0.2) is 48.5 Å². The lowest BCUT2D eigenvalue weighted by Crippen LogP contribution is -2.25. The number of ether oxygens (including phenoxy) is 1. The van der Waals surface area contributed by atoms with Crippen molar-refractivity contribution in [3.05, 3.63) is 65.6 Å². The van der Waals surface area contributed by atoms with Gasteiger partial charge in [-0.2, -0.15) is 13.2 Å². The molecule has 0 bridgehead atoms. The Kier molecular flexibility index (Phi) is 7.17. The molecule has 1 aliphatic rings. The van der Waals surface area contributed by atoms with Crippen LogP contribution >= 0.6 is 0 Å². The van der Waals surface area contributed by atoms with Crippen LogP contribution in [0.25, 0.3) is 10.9 Å². The van der Waals surface area contributed by atoms with Crippen LogP contribution in [-0.2, 0) is 24.3 Å². The lowest BCUT2D eigenvalue weighted by molar-refractivity contribution is -0.192. The molecule has 4 rings (SSSR count). The molecule has 0 radical (unpaired) electrons. The minimum atomic E-state index is -5.08. The van der Waals surface area contributed by atoms with Gasteiger partial charge < -0.3 is 19.7 Å². The standard InChI is InChI=1S/C20H21FN2O.C2HF3O2/c21-15-6-8-16(9-7-15)24-13-3-12-23-19-5-2-1-4-17(19)18-10-11-22-14-20(18)23;3-2(4,5)1(6)7/h1-2,4-9,22H,3,10-14H2;(H,6,7). The average Bonchev–Trinajstić information content (AvgIpc) is 3.06. The average molecular weight is 438 g/mol.